The van der Waals surface area contributed by atoms with Crippen LogP contribution in [0.1, 0.15) is 19.3 Å². The van der Waals surface area contributed by atoms with E-state index < -0.39 is 0 Å². The number of amides is 1. The van der Waals surface area contributed by atoms with Crippen molar-refractivity contribution in [1.82, 2.24) is 10.2 Å². The molecule has 76 valence electrons. The molecule has 0 aromatic heterocycles. The first-order valence-corrected chi connectivity index (χ1v) is 5.28. The Balaban J connectivity index is 2.10. The normalized spacial score (nSPS) is 24.3. The van der Waals surface area contributed by atoms with Gasteiger partial charge in [-0.15, -0.1) is 0 Å². The van der Waals surface area contributed by atoms with Crippen LogP contribution in [0.15, 0.2) is 0 Å². The minimum Gasteiger partial charge on any atom is -0.347 e. The fraction of sp³-hybridized carbons (Fsp3) is 0.889. The van der Waals surface area contributed by atoms with Gasteiger partial charge in [0, 0.05) is 13.1 Å². The summed E-state index contributed by atoms with van der Waals surface area (Å²) in [5, 5.41) is 2.50. The summed E-state index contributed by atoms with van der Waals surface area (Å²) < 4.78 is 0. The lowest BCUT2D eigenvalue weighted by Gasteiger charge is -2.29. The summed E-state index contributed by atoms with van der Waals surface area (Å²) in [5.74, 6) is 0.749. The summed E-state index contributed by atoms with van der Waals surface area (Å²) in [4.78, 5) is 12.9. The Morgan fingerprint density at radius 2 is 2.46 bits per heavy atom. The number of piperidine rings is 1. The fourth-order valence-corrected chi connectivity index (χ4v) is 2.00. The van der Waals surface area contributed by atoms with Gasteiger partial charge in [-0.3, -0.25) is 4.79 Å². The number of thiol groups is 1. The number of nitrogens with zero attached hydrogens (tertiary/aromatic N) is 1. The summed E-state index contributed by atoms with van der Waals surface area (Å²) >= 11 is 3.65. The third-order valence-corrected chi connectivity index (χ3v) is 2.71. The minimum atomic E-state index is -0.218. The molecule has 0 radical (unpaired) electrons. The molecule has 3 nitrogen and oxygen atoms in total. The van der Waals surface area contributed by atoms with Crippen molar-refractivity contribution in [2.24, 2.45) is 5.92 Å². The van der Waals surface area contributed by atoms with E-state index in [2.05, 4.69) is 29.9 Å². The van der Waals surface area contributed by atoms with Crippen LogP contribution in [0.25, 0.3) is 0 Å². The van der Waals surface area contributed by atoms with Crippen LogP contribution in [0.4, 0.5) is 4.79 Å². The van der Waals surface area contributed by atoms with Crippen LogP contribution in [-0.4, -0.2) is 36.8 Å². The highest BCUT2D eigenvalue weighted by atomic mass is 32.1. The van der Waals surface area contributed by atoms with E-state index in [1.807, 2.05) is 0 Å². The molecule has 1 heterocycles. The van der Waals surface area contributed by atoms with Gasteiger partial charge in [0.1, 0.15) is 0 Å². The summed E-state index contributed by atoms with van der Waals surface area (Å²) in [6.07, 6.45) is 3.67. The Bertz CT molecular complexity index is 175. The fourth-order valence-electron chi connectivity index (χ4n) is 1.89. The zero-order valence-corrected chi connectivity index (χ0v) is 9.02. The van der Waals surface area contributed by atoms with Crippen LogP contribution in [0.2, 0.25) is 0 Å². The van der Waals surface area contributed by atoms with Gasteiger partial charge < -0.3 is 10.2 Å². The molecule has 0 aromatic rings. The maximum absolute atomic E-state index is 10.5. The van der Waals surface area contributed by atoms with Gasteiger partial charge in [0.2, 0.25) is 0 Å². The molecule has 1 atom stereocenters. The van der Waals surface area contributed by atoms with E-state index in [-0.39, 0.29) is 5.24 Å². The maximum Gasteiger partial charge on any atom is 0.275 e. The highest BCUT2D eigenvalue weighted by Gasteiger charge is 2.16. The molecule has 1 aliphatic rings. The van der Waals surface area contributed by atoms with Crippen molar-refractivity contribution >= 4 is 17.9 Å². The number of nitrogens with one attached hydrogen (secondary N) is 1. The molecule has 0 aliphatic carbocycles. The molecular formula is C9H18N2OS. The summed E-state index contributed by atoms with van der Waals surface area (Å²) in [6, 6.07) is 0. The van der Waals surface area contributed by atoms with Crippen LogP contribution in [0, 0.1) is 5.92 Å². The van der Waals surface area contributed by atoms with Crippen molar-refractivity contribution in [3.63, 3.8) is 0 Å². The highest BCUT2D eigenvalue weighted by Crippen LogP contribution is 2.17. The molecule has 1 saturated heterocycles. The molecule has 0 bridgehead atoms. The number of rotatable bonds is 3. The van der Waals surface area contributed by atoms with E-state index in [0.29, 0.717) is 0 Å². The third-order valence-electron chi connectivity index (χ3n) is 2.55. The van der Waals surface area contributed by atoms with Crippen molar-refractivity contribution in [3.05, 3.63) is 0 Å². The quantitative estimate of drug-likeness (QED) is 0.677. The van der Waals surface area contributed by atoms with Crippen molar-refractivity contribution in [2.75, 3.05) is 26.7 Å². The van der Waals surface area contributed by atoms with Crippen LogP contribution in [0.5, 0.6) is 0 Å². The van der Waals surface area contributed by atoms with Gasteiger partial charge in [0.25, 0.3) is 5.24 Å². The Hall–Kier alpha value is -0.220. The summed E-state index contributed by atoms with van der Waals surface area (Å²) in [6.45, 7) is 3.15. The molecule has 1 amide bonds. The van der Waals surface area contributed by atoms with Gasteiger partial charge in [-0.2, -0.15) is 0 Å². The molecular weight excluding hydrogens is 184 g/mol. The third kappa shape index (κ3) is 4.52. The lowest BCUT2D eigenvalue weighted by atomic mass is 9.95. The van der Waals surface area contributed by atoms with Crippen molar-refractivity contribution in [1.29, 1.82) is 0 Å². The van der Waals surface area contributed by atoms with Crippen LogP contribution < -0.4 is 5.32 Å². The van der Waals surface area contributed by atoms with Crippen LogP contribution in [0.3, 0.4) is 0 Å². The first-order chi connectivity index (χ1) is 6.18. The topological polar surface area (TPSA) is 32.3 Å². The van der Waals surface area contributed by atoms with Gasteiger partial charge in [-0.1, -0.05) is 12.6 Å². The number of likely N-dealkylation sites (tertiary alicyclic amines) is 1. The van der Waals surface area contributed by atoms with Gasteiger partial charge in [0.15, 0.2) is 0 Å². The van der Waals surface area contributed by atoms with E-state index in [0.717, 1.165) is 18.9 Å². The Labute approximate surface area is 85.3 Å². The maximum atomic E-state index is 10.5. The SMILES string of the molecule is CN1CCCC(CCNC(=O)S)C1. The predicted molar refractivity (Wildman–Crippen MR) is 57.2 cm³/mol. The Kier molecular flexibility index (Phi) is 4.59. The van der Waals surface area contributed by atoms with Gasteiger partial charge in [-0.25, -0.2) is 0 Å². The van der Waals surface area contributed by atoms with Crippen LogP contribution in [-0.2, 0) is 0 Å². The smallest absolute Gasteiger partial charge is 0.275 e. The van der Waals surface area contributed by atoms with E-state index in [1.165, 1.54) is 25.9 Å². The average Bonchev–Trinajstić information content (AvgIpc) is 2.03. The van der Waals surface area contributed by atoms with E-state index >= 15 is 0 Å². The number of hydrogen-bond acceptors (Lipinski definition) is 2. The second-order valence-electron chi connectivity index (χ2n) is 3.79. The highest BCUT2D eigenvalue weighted by molar-refractivity contribution is 7.96. The lowest BCUT2D eigenvalue weighted by Crippen LogP contribution is -2.33. The second-order valence-corrected chi connectivity index (χ2v) is 4.20. The standard InChI is InChI=1S/C9H18N2OS/c1-11-6-2-3-8(7-11)4-5-10-9(12)13/h8H,2-7H2,1H3,(H2,10,12,13). The van der Waals surface area contributed by atoms with Crippen molar-refractivity contribution in [2.45, 2.75) is 19.3 Å². The van der Waals surface area contributed by atoms with Crippen molar-refractivity contribution in [3.8, 4) is 0 Å². The zero-order chi connectivity index (χ0) is 9.68. The summed E-state index contributed by atoms with van der Waals surface area (Å²) in [7, 11) is 2.16. The number of carbonyl (C=O) groups is 1. The lowest BCUT2D eigenvalue weighted by molar-refractivity contribution is 0.201. The van der Waals surface area contributed by atoms with Gasteiger partial charge >= 0.3 is 0 Å². The predicted octanol–water partition coefficient (Wildman–Crippen LogP) is 1.36. The first kappa shape index (κ1) is 10.9. The molecule has 4 heteroatoms. The first-order valence-electron chi connectivity index (χ1n) is 4.84. The molecule has 0 saturated carbocycles. The largest absolute Gasteiger partial charge is 0.347 e. The molecule has 1 unspecified atom stereocenters. The molecule has 1 aliphatic heterocycles. The average molecular weight is 202 g/mol. The molecule has 1 fully saturated rings. The molecule has 0 spiro atoms. The molecule has 0 aromatic carbocycles. The zero-order valence-electron chi connectivity index (χ0n) is 8.12. The number of carbonyl (C=O) groups excluding carboxylic acids is 1. The van der Waals surface area contributed by atoms with Crippen molar-refractivity contribution < 1.29 is 4.79 Å². The van der Waals surface area contributed by atoms with E-state index in [9.17, 15) is 4.79 Å². The van der Waals surface area contributed by atoms with Gasteiger partial charge in [0.05, 0.1) is 0 Å². The summed E-state index contributed by atoms with van der Waals surface area (Å²) in [5.41, 5.74) is 0. The van der Waals surface area contributed by atoms with E-state index in [4.69, 9.17) is 0 Å². The van der Waals surface area contributed by atoms with E-state index in [1.54, 1.807) is 0 Å². The Morgan fingerprint density at radius 3 is 3.08 bits per heavy atom. The second kappa shape index (κ2) is 5.50. The Morgan fingerprint density at radius 1 is 1.69 bits per heavy atom. The molecule has 1 rings (SSSR count). The number of hydrogen-bond donors (Lipinski definition) is 2. The molecule has 13 heavy (non-hydrogen) atoms. The molecule has 1 N–H and O–H groups in total. The van der Waals surface area contributed by atoms with Crippen LogP contribution >= 0.6 is 12.6 Å². The minimum absolute atomic E-state index is 0.218. The monoisotopic (exact) mass is 202 g/mol. The van der Waals surface area contributed by atoms with Gasteiger partial charge in [-0.05, 0) is 38.8 Å².